The molecule has 0 heterocycles. The predicted octanol–water partition coefficient (Wildman–Crippen LogP) is 2.45. The molecule has 0 aromatic heterocycles. The molecule has 0 aliphatic rings. The summed E-state index contributed by atoms with van der Waals surface area (Å²) in [4.78, 5) is 0. The van der Waals surface area contributed by atoms with Gasteiger partial charge in [-0.2, -0.15) is 0 Å². The highest BCUT2D eigenvalue weighted by Gasteiger charge is 1.99. The van der Waals surface area contributed by atoms with Crippen molar-refractivity contribution in [3.05, 3.63) is 36.4 Å². The number of benzene rings is 2. The summed E-state index contributed by atoms with van der Waals surface area (Å²) >= 11 is 0. The molecule has 0 saturated carbocycles. The van der Waals surface area contributed by atoms with Crippen LogP contribution in [0.2, 0.25) is 0 Å². The first kappa shape index (κ1) is 10.8. The maximum absolute atomic E-state index is 5.87. The van der Waals surface area contributed by atoms with Gasteiger partial charge in [-0.15, -0.1) is 0 Å². The Morgan fingerprint density at radius 3 is 2.81 bits per heavy atom. The topological polar surface area (TPSA) is 44.5 Å². The van der Waals surface area contributed by atoms with Crippen molar-refractivity contribution < 1.29 is 9.47 Å². The molecule has 3 nitrogen and oxygen atoms in total. The van der Waals surface area contributed by atoms with E-state index in [-0.39, 0.29) is 0 Å². The molecule has 0 radical (unpaired) electrons. The molecule has 0 aliphatic carbocycles. The zero-order valence-electron chi connectivity index (χ0n) is 9.27. The monoisotopic (exact) mass is 217 g/mol. The maximum atomic E-state index is 5.87. The molecular formula is C13H15NO2. The van der Waals surface area contributed by atoms with Gasteiger partial charge in [-0.25, -0.2) is 0 Å². The largest absolute Gasteiger partial charge is 0.491 e. The number of hydrogen-bond acceptors (Lipinski definition) is 3. The first-order chi connectivity index (χ1) is 7.81. The Bertz CT molecular complexity index is 482. The zero-order chi connectivity index (χ0) is 11.4. The minimum absolute atomic E-state index is 0.560. The highest BCUT2D eigenvalue weighted by Crippen LogP contribution is 2.25. The SMILES string of the molecule is COCCOc1ccc2c(N)cccc2c1. The van der Waals surface area contributed by atoms with E-state index in [1.807, 2.05) is 36.4 Å². The summed E-state index contributed by atoms with van der Waals surface area (Å²) in [5.74, 6) is 0.843. The minimum atomic E-state index is 0.560. The van der Waals surface area contributed by atoms with Crippen LogP contribution < -0.4 is 10.5 Å². The van der Waals surface area contributed by atoms with Crippen LogP contribution in [-0.2, 0) is 4.74 Å². The van der Waals surface area contributed by atoms with Gasteiger partial charge in [-0.1, -0.05) is 12.1 Å². The summed E-state index contributed by atoms with van der Waals surface area (Å²) in [6.45, 7) is 1.15. The molecule has 16 heavy (non-hydrogen) atoms. The van der Waals surface area contributed by atoms with Crippen LogP contribution in [0, 0.1) is 0 Å². The highest BCUT2D eigenvalue weighted by atomic mass is 16.5. The van der Waals surface area contributed by atoms with Crippen molar-refractivity contribution in [3.8, 4) is 5.75 Å². The van der Waals surface area contributed by atoms with Gasteiger partial charge in [0, 0.05) is 18.2 Å². The predicted molar refractivity (Wildman–Crippen MR) is 65.7 cm³/mol. The van der Waals surface area contributed by atoms with Gasteiger partial charge in [0.2, 0.25) is 0 Å². The molecule has 0 saturated heterocycles. The summed E-state index contributed by atoms with van der Waals surface area (Å²) in [5.41, 5.74) is 6.66. The van der Waals surface area contributed by atoms with Crippen molar-refractivity contribution in [1.82, 2.24) is 0 Å². The van der Waals surface area contributed by atoms with Crippen molar-refractivity contribution in [1.29, 1.82) is 0 Å². The molecule has 0 aliphatic heterocycles. The van der Waals surface area contributed by atoms with Gasteiger partial charge in [-0.05, 0) is 29.7 Å². The number of hydrogen-bond donors (Lipinski definition) is 1. The fraction of sp³-hybridized carbons (Fsp3) is 0.231. The molecule has 3 heteroatoms. The molecule has 0 spiro atoms. The lowest BCUT2D eigenvalue weighted by atomic mass is 10.1. The summed E-state index contributed by atoms with van der Waals surface area (Å²) in [6.07, 6.45) is 0. The van der Waals surface area contributed by atoms with Crippen molar-refractivity contribution in [2.45, 2.75) is 0 Å². The van der Waals surface area contributed by atoms with E-state index in [2.05, 4.69) is 0 Å². The summed E-state index contributed by atoms with van der Waals surface area (Å²) < 4.78 is 10.5. The van der Waals surface area contributed by atoms with E-state index in [0.717, 1.165) is 22.2 Å². The van der Waals surface area contributed by atoms with Gasteiger partial charge in [0.15, 0.2) is 0 Å². The molecule has 2 aromatic rings. The van der Waals surface area contributed by atoms with E-state index in [0.29, 0.717) is 13.2 Å². The lowest BCUT2D eigenvalue weighted by molar-refractivity contribution is 0.146. The standard InChI is InChI=1S/C13H15NO2/c1-15-7-8-16-11-5-6-12-10(9-11)3-2-4-13(12)14/h2-6,9H,7-8,14H2,1H3. The Morgan fingerprint density at radius 2 is 2.00 bits per heavy atom. The van der Waals surface area contributed by atoms with Crippen LogP contribution in [0.1, 0.15) is 0 Å². The molecule has 84 valence electrons. The molecule has 0 unspecified atom stereocenters. The van der Waals surface area contributed by atoms with Crippen LogP contribution in [0.4, 0.5) is 5.69 Å². The van der Waals surface area contributed by atoms with E-state index < -0.39 is 0 Å². The Labute approximate surface area is 94.8 Å². The van der Waals surface area contributed by atoms with Crippen molar-refractivity contribution >= 4 is 16.5 Å². The molecule has 0 atom stereocenters. The quantitative estimate of drug-likeness (QED) is 0.632. The van der Waals surface area contributed by atoms with Crippen molar-refractivity contribution in [2.75, 3.05) is 26.1 Å². The van der Waals surface area contributed by atoms with Gasteiger partial charge in [0.1, 0.15) is 12.4 Å². The zero-order valence-corrected chi connectivity index (χ0v) is 9.27. The van der Waals surface area contributed by atoms with Gasteiger partial charge in [0.05, 0.1) is 6.61 Å². The van der Waals surface area contributed by atoms with Crippen LogP contribution in [0.5, 0.6) is 5.75 Å². The fourth-order valence-corrected chi connectivity index (χ4v) is 1.62. The van der Waals surface area contributed by atoms with Crippen LogP contribution in [0.25, 0.3) is 10.8 Å². The van der Waals surface area contributed by atoms with Crippen molar-refractivity contribution in [2.24, 2.45) is 0 Å². The van der Waals surface area contributed by atoms with Gasteiger partial charge in [0.25, 0.3) is 0 Å². The second kappa shape index (κ2) is 4.86. The number of fused-ring (bicyclic) bond motifs is 1. The third-order valence-electron chi connectivity index (χ3n) is 2.44. The first-order valence-corrected chi connectivity index (χ1v) is 5.21. The van der Waals surface area contributed by atoms with E-state index in [9.17, 15) is 0 Å². The van der Waals surface area contributed by atoms with Gasteiger partial charge < -0.3 is 15.2 Å². The second-order valence-electron chi connectivity index (χ2n) is 3.57. The summed E-state index contributed by atoms with van der Waals surface area (Å²) in [7, 11) is 1.66. The van der Waals surface area contributed by atoms with Crippen LogP contribution in [-0.4, -0.2) is 20.3 Å². The lowest BCUT2D eigenvalue weighted by Gasteiger charge is -2.07. The third-order valence-corrected chi connectivity index (χ3v) is 2.44. The molecule has 0 fully saturated rings. The number of rotatable bonds is 4. The average Bonchev–Trinajstić information content (AvgIpc) is 2.30. The van der Waals surface area contributed by atoms with Crippen LogP contribution in [0.15, 0.2) is 36.4 Å². The molecule has 2 N–H and O–H groups in total. The van der Waals surface area contributed by atoms with E-state index in [1.54, 1.807) is 7.11 Å². The van der Waals surface area contributed by atoms with E-state index in [4.69, 9.17) is 15.2 Å². The smallest absolute Gasteiger partial charge is 0.120 e. The van der Waals surface area contributed by atoms with Crippen LogP contribution >= 0.6 is 0 Å². The minimum Gasteiger partial charge on any atom is -0.491 e. The van der Waals surface area contributed by atoms with Crippen LogP contribution in [0.3, 0.4) is 0 Å². The molecule has 2 aromatic carbocycles. The molecule has 2 rings (SSSR count). The third kappa shape index (κ3) is 2.25. The van der Waals surface area contributed by atoms with E-state index in [1.165, 1.54) is 0 Å². The Kier molecular flexibility index (Phi) is 3.27. The summed E-state index contributed by atoms with van der Waals surface area (Å²) in [6, 6.07) is 11.8. The normalized spacial score (nSPS) is 10.6. The molecular weight excluding hydrogens is 202 g/mol. The number of anilines is 1. The van der Waals surface area contributed by atoms with Gasteiger partial charge in [-0.3, -0.25) is 0 Å². The number of nitrogens with two attached hydrogens (primary N) is 1. The number of ether oxygens (including phenoxy) is 2. The fourth-order valence-electron chi connectivity index (χ4n) is 1.62. The highest BCUT2D eigenvalue weighted by molar-refractivity contribution is 5.93. The first-order valence-electron chi connectivity index (χ1n) is 5.21. The lowest BCUT2D eigenvalue weighted by Crippen LogP contribution is -2.04. The maximum Gasteiger partial charge on any atom is 0.120 e. The Balaban J connectivity index is 2.23. The van der Waals surface area contributed by atoms with Crippen molar-refractivity contribution in [3.63, 3.8) is 0 Å². The Hall–Kier alpha value is -1.74. The molecule has 0 amide bonds. The number of methoxy groups -OCH3 is 1. The van der Waals surface area contributed by atoms with Gasteiger partial charge >= 0.3 is 0 Å². The number of nitrogen functional groups attached to an aromatic ring is 1. The molecule has 0 bridgehead atoms. The Morgan fingerprint density at radius 1 is 1.12 bits per heavy atom. The second-order valence-corrected chi connectivity index (χ2v) is 3.57. The van der Waals surface area contributed by atoms with E-state index >= 15 is 0 Å². The summed E-state index contributed by atoms with van der Waals surface area (Å²) in [5, 5.41) is 2.15. The average molecular weight is 217 g/mol.